The number of benzene rings is 1. The van der Waals surface area contributed by atoms with Crippen LogP contribution >= 0.6 is 0 Å². The van der Waals surface area contributed by atoms with Crippen molar-refractivity contribution in [1.29, 1.82) is 0 Å². The fraction of sp³-hybridized carbons (Fsp3) is 0.429. The molecule has 0 atom stereocenters. The van der Waals surface area contributed by atoms with Crippen molar-refractivity contribution in [2.75, 3.05) is 18.0 Å². The Morgan fingerprint density at radius 2 is 1.89 bits per heavy atom. The van der Waals surface area contributed by atoms with E-state index in [4.69, 9.17) is 5.73 Å². The second-order valence-electron chi connectivity index (χ2n) is 5.23. The van der Waals surface area contributed by atoms with Gasteiger partial charge in [0.25, 0.3) is 0 Å². The summed E-state index contributed by atoms with van der Waals surface area (Å²) in [4.78, 5) is 2.22. The Morgan fingerprint density at radius 1 is 1.22 bits per heavy atom. The van der Waals surface area contributed by atoms with E-state index >= 15 is 0 Å². The second-order valence-corrected chi connectivity index (χ2v) is 5.23. The largest absolute Gasteiger partial charge is 0.351 e. The summed E-state index contributed by atoms with van der Waals surface area (Å²) in [7, 11) is 0. The Morgan fingerprint density at radius 3 is 2.56 bits per heavy atom. The first-order chi connectivity index (χ1) is 8.63. The minimum atomic E-state index is -0.0479. The summed E-state index contributed by atoms with van der Waals surface area (Å²) in [6.45, 7) is 5.86. The number of aryl methyl sites for hydroxylation is 1. The van der Waals surface area contributed by atoms with Gasteiger partial charge in [-0.15, -0.1) is 5.10 Å². The molecule has 1 aromatic carbocycles. The molecule has 4 nitrogen and oxygen atoms in total. The van der Waals surface area contributed by atoms with Gasteiger partial charge in [0.05, 0.1) is 11.2 Å². The average Bonchev–Trinajstić information content (AvgIpc) is 2.36. The minimum Gasteiger partial charge on any atom is -0.351 e. The maximum absolute atomic E-state index is 6.21. The number of nitrogens with zero attached hydrogens (tertiary/aromatic N) is 3. The van der Waals surface area contributed by atoms with E-state index in [2.05, 4.69) is 34.2 Å². The van der Waals surface area contributed by atoms with Gasteiger partial charge >= 0.3 is 0 Å². The summed E-state index contributed by atoms with van der Waals surface area (Å²) in [5.74, 6) is 0.964. The molecule has 1 saturated heterocycles. The van der Waals surface area contributed by atoms with Crippen LogP contribution in [-0.2, 0) is 0 Å². The molecule has 2 N–H and O–H groups in total. The van der Waals surface area contributed by atoms with Crippen LogP contribution in [0.5, 0.6) is 0 Å². The highest BCUT2D eigenvalue weighted by atomic mass is 15.3. The fourth-order valence-corrected chi connectivity index (χ4v) is 2.54. The molecule has 0 unspecified atom stereocenters. The molecule has 1 fully saturated rings. The molecule has 0 bridgehead atoms. The lowest BCUT2D eigenvalue weighted by Gasteiger charge is -2.48. The zero-order chi connectivity index (χ0) is 12.8. The van der Waals surface area contributed by atoms with E-state index < -0.39 is 0 Å². The molecule has 0 radical (unpaired) electrons. The molecule has 2 heterocycles. The molecule has 0 aliphatic carbocycles. The molecule has 94 valence electrons. The van der Waals surface area contributed by atoms with Crippen LogP contribution in [0.4, 0.5) is 5.82 Å². The number of aromatic nitrogens is 2. The fourth-order valence-electron chi connectivity index (χ4n) is 2.54. The first kappa shape index (κ1) is 11.4. The highest BCUT2D eigenvalue weighted by molar-refractivity contribution is 5.93. The zero-order valence-electron chi connectivity index (χ0n) is 10.8. The molecule has 0 spiro atoms. The van der Waals surface area contributed by atoms with E-state index in [1.807, 2.05) is 19.1 Å². The SMILES string of the molecule is CCC1(N)CN(c2nnc(C)c3ccccc23)C1. The summed E-state index contributed by atoms with van der Waals surface area (Å²) in [5.41, 5.74) is 7.14. The molecule has 2 aromatic rings. The third-order valence-electron chi connectivity index (χ3n) is 3.87. The number of hydrogen-bond donors (Lipinski definition) is 1. The summed E-state index contributed by atoms with van der Waals surface area (Å²) in [6, 6.07) is 8.28. The molecular formula is C14H18N4. The van der Waals surface area contributed by atoms with Crippen LogP contribution < -0.4 is 10.6 Å². The number of rotatable bonds is 2. The van der Waals surface area contributed by atoms with Gasteiger partial charge in [-0.1, -0.05) is 31.2 Å². The van der Waals surface area contributed by atoms with Crippen molar-refractivity contribution in [1.82, 2.24) is 10.2 Å². The van der Waals surface area contributed by atoms with Crippen molar-refractivity contribution >= 4 is 16.6 Å². The van der Waals surface area contributed by atoms with Crippen molar-refractivity contribution in [3.63, 3.8) is 0 Å². The normalized spacial score (nSPS) is 17.8. The van der Waals surface area contributed by atoms with E-state index in [0.29, 0.717) is 0 Å². The average molecular weight is 242 g/mol. The Balaban J connectivity index is 2.02. The lowest BCUT2D eigenvalue weighted by atomic mass is 9.88. The molecule has 1 aliphatic heterocycles. The maximum atomic E-state index is 6.21. The molecule has 4 heteroatoms. The molecule has 1 aliphatic rings. The molecule has 1 aromatic heterocycles. The standard InChI is InChI=1S/C14H18N4/c1-3-14(15)8-18(9-14)13-12-7-5-4-6-11(12)10(2)16-17-13/h4-7H,3,8-9,15H2,1-2H3. The van der Waals surface area contributed by atoms with Crippen LogP contribution in [0.15, 0.2) is 24.3 Å². The minimum absolute atomic E-state index is 0.0479. The van der Waals surface area contributed by atoms with Crippen LogP contribution in [-0.4, -0.2) is 28.8 Å². The van der Waals surface area contributed by atoms with Gasteiger partial charge in [-0.05, 0) is 13.3 Å². The van der Waals surface area contributed by atoms with Gasteiger partial charge in [0.15, 0.2) is 5.82 Å². The van der Waals surface area contributed by atoms with E-state index in [-0.39, 0.29) is 5.54 Å². The lowest BCUT2D eigenvalue weighted by Crippen LogP contribution is -2.67. The summed E-state index contributed by atoms with van der Waals surface area (Å²) in [6.07, 6.45) is 1.00. The van der Waals surface area contributed by atoms with Crippen LogP contribution in [0, 0.1) is 6.92 Å². The van der Waals surface area contributed by atoms with Crippen molar-refractivity contribution < 1.29 is 0 Å². The van der Waals surface area contributed by atoms with Gasteiger partial charge in [-0.25, -0.2) is 0 Å². The third kappa shape index (κ3) is 1.64. The van der Waals surface area contributed by atoms with Crippen molar-refractivity contribution in [3.05, 3.63) is 30.0 Å². The van der Waals surface area contributed by atoms with Crippen molar-refractivity contribution in [3.8, 4) is 0 Å². The smallest absolute Gasteiger partial charge is 0.159 e. The number of nitrogens with two attached hydrogens (primary N) is 1. The van der Waals surface area contributed by atoms with Crippen LogP contribution in [0.2, 0.25) is 0 Å². The van der Waals surface area contributed by atoms with E-state index in [1.54, 1.807) is 0 Å². The summed E-state index contributed by atoms with van der Waals surface area (Å²) >= 11 is 0. The first-order valence-electron chi connectivity index (χ1n) is 6.39. The van der Waals surface area contributed by atoms with Gasteiger partial charge in [0.1, 0.15) is 0 Å². The molecule has 18 heavy (non-hydrogen) atoms. The Labute approximate surface area is 107 Å². The van der Waals surface area contributed by atoms with Crippen LogP contribution in [0.3, 0.4) is 0 Å². The third-order valence-corrected chi connectivity index (χ3v) is 3.87. The quantitative estimate of drug-likeness (QED) is 0.873. The molecule has 0 amide bonds. The number of hydrogen-bond acceptors (Lipinski definition) is 4. The van der Waals surface area contributed by atoms with Gasteiger partial charge in [0.2, 0.25) is 0 Å². The molecular weight excluding hydrogens is 224 g/mol. The van der Waals surface area contributed by atoms with Crippen molar-refractivity contribution in [2.45, 2.75) is 25.8 Å². The van der Waals surface area contributed by atoms with E-state index in [1.165, 1.54) is 10.8 Å². The Bertz CT molecular complexity index is 587. The highest BCUT2D eigenvalue weighted by Gasteiger charge is 2.39. The predicted molar refractivity (Wildman–Crippen MR) is 73.7 cm³/mol. The maximum Gasteiger partial charge on any atom is 0.159 e. The first-order valence-corrected chi connectivity index (χ1v) is 6.39. The van der Waals surface area contributed by atoms with Gasteiger partial charge in [-0.2, -0.15) is 5.10 Å². The predicted octanol–water partition coefficient (Wildman–Crippen LogP) is 1.87. The van der Waals surface area contributed by atoms with Gasteiger partial charge in [-0.3, -0.25) is 0 Å². The van der Waals surface area contributed by atoms with Crippen LogP contribution in [0.1, 0.15) is 19.0 Å². The second kappa shape index (κ2) is 3.92. The van der Waals surface area contributed by atoms with Gasteiger partial charge in [0, 0.05) is 23.9 Å². The number of fused-ring (bicyclic) bond motifs is 1. The molecule has 3 rings (SSSR count). The topological polar surface area (TPSA) is 55.0 Å². The van der Waals surface area contributed by atoms with Crippen LogP contribution in [0.25, 0.3) is 10.8 Å². The molecule has 0 saturated carbocycles. The number of anilines is 1. The van der Waals surface area contributed by atoms with Crippen molar-refractivity contribution in [2.24, 2.45) is 5.73 Å². The zero-order valence-corrected chi connectivity index (χ0v) is 10.8. The summed E-state index contributed by atoms with van der Waals surface area (Å²) < 4.78 is 0. The Hall–Kier alpha value is -1.68. The summed E-state index contributed by atoms with van der Waals surface area (Å²) in [5, 5.41) is 10.9. The lowest BCUT2D eigenvalue weighted by molar-refractivity contribution is 0.320. The monoisotopic (exact) mass is 242 g/mol. The Kier molecular flexibility index (Phi) is 2.48. The van der Waals surface area contributed by atoms with E-state index in [0.717, 1.165) is 31.0 Å². The van der Waals surface area contributed by atoms with Gasteiger partial charge < -0.3 is 10.6 Å². The van der Waals surface area contributed by atoms with E-state index in [9.17, 15) is 0 Å². The highest BCUT2D eigenvalue weighted by Crippen LogP contribution is 2.32.